The van der Waals surface area contributed by atoms with E-state index in [1.165, 1.54) is 0 Å². The third kappa shape index (κ3) is 3.62. The van der Waals surface area contributed by atoms with E-state index in [4.69, 9.17) is 10.5 Å². The molecule has 0 unspecified atom stereocenters. The highest BCUT2D eigenvalue weighted by Crippen LogP contribution is 2.22. The molecule has 0 aliphatic carbocycles. The van der Waals surface area contributed by atoms with Gasteiger partial charge in [-0.25, -0.2) is 4.79 Å². The van der Waals surface area contributed by atoms with Crippen molar-refractivity contribution in [3.8, 4) is 0 Å². The number of carbonyl (C=O) groups excluding carboxylic acids is 1. The van der Waals surface area contributed by atoms with E-state index in [0.717, 1.165) is 5.69 Å². The molecule has 0 aliphatic heterocycles. The van der Waals surface area contributed by atoms with Crippen LogP contribution in [-0.4, -0.2) is 33.3 Å². The van der Waals surface area contributed by atoms with Crippen LogP contribution in [0.25, 0.3) is 0 Å². The summed E-state index contributed by atoms with van der Waals surface area (Å²) in [7, 11) is 3.65. The molecular formula is C12H17FN2O2. The second-order valence-electron chi connectivity index (χ2n) is 3.85. The van der Waals surface area contributed by atoms with Crippen molar-refractivity contribution in [2.45, 2.75) is 6.42 Å². The summed E-state index contributed by atoms with van der Waals surface area (Å²) in [5, 5.41) is 0. The van der Waals surface area contributed by atoms with Crippen molar-refractivity contribution in [2.75, 3.05) is 38.0 Å². The van der Waals surface area contributed by atoms with Gasteiger partial charge in [0, 0.05) is 26.2 Å². The van der Waals surface area contributed by atoms with Gasteiger partial charge in [0.2, 0.25) is 0 Å². The van der Waals surface area contributed by atoms with Crippen LogP contribution >= 0.6 is 0 Å². The summed E-state index contributed by atoms with van der Waals surface area (Å²) in [5.74, 6) is -0.477. The van der Waals surface area contributed by atoms with Gasteiger partial charge in [0.25, 0.3) is 0 Å². The van der Waals surface area contributed by atoms with Crippen molar-refractivity contribution in [3.05, 3.63) is 23.8 Å². The van der Waals surface area contributed by atoms with Crippen molar-refractivity contribution < 1.29 is 13.9 Å². The predicted octanol–water partition coefficient (Wildman–Crippen LogP) is 1.85. The Bertz CT molecular complexity index is 394. The van der Waals surface area contributed by atoms with Gasteiger partial charge < -0.3 is 15.4 Å². The molecule has 5 heteroatoms. The molecule has 0 spiro atoms. The molecule has 4 nitrogen and oxygen atoms in total. The lowest BCUT2D eigenvalue weighted by Gasteiger charge is -2.17. The molecule has 0 radical (unpaired) electrons. The Labute approximate surface area is 100 Å². The maximum absolute atomic E-state index is 11.9. The number of nitrogen functional groups attached to an aromatic ring is 1. The predicted molar refractivity (Wildman–Crippen MR) is 66.1 cm³/mol. The van der Waals surface area contributed by atoms with E-state index in [-0.39, 0.29) is 13.0 Å². The fraction of sp³-hybridized carbons (Fsp3) is 0.417. The maximum Gasteiger partial charge on any atom is 0.340 e. The van der Waals surface area contributed by atoms with Crippen LogP contribution in [0.4, 0.5) is 15.8 Å². The third-order valence-electron chi connectivity index (χ3n) is 2.23. The number of anilines is 2. The molecule has 0 bridgehead atoms. The molecule has 0 aliphatic rings. The molecule has 0 atom stereocenters. The molecule has 0 fully saturated rings. The van der Waals surface area contributed by atoms with Gasteiger partial charge in [0.15, 0.2) is 0 Å². The minimum absolute atomic E-state index is 0.0804. The summed E-state index contributed by atoms with van der Waals surface area (Å²) < 4.78 is 16.9. The standard InChI is InChI=1S/C12H17FN2O2/c1-15(2)11-5-4-9(14)8-10(11)12(16)17-7-3-6-13/h4-5,8H,3,6-7,14H2,1-2H3. The van der Waals surface area contributed by atoms with E-state index in [2.05, 4.69) is 0 Å². The smallest absolute Gasteiger partial charge is 0.340 e. The van der Waals surface area contributed by atoms with Crippen molar-refractivity contribution in [3.63, 3.8) is 0 Å². The molecule has 0 amide bonds. The van der Waals surface area contributed by atoms with Crippen molar-refractivity contribution in [1.82, 2.24) is 0 Å². The first kappa shape index (κ1) is 13.3. The minimum Gasteiger partial charge on any atom is -0.462 e. The van der Waals surface area contributed by atoms with E-state index in [9.17, 15) is 9.18 Å². The van der Waals surface area contributed by atoms with Gasteiger partial charge in [-0.3, -0.25) is 4.39 Å². The van der Waals surface area contributed by atoms with E-state index in [1.54, 1.807) is 23.1 Å². The largest absolute Gasteiger partial charge is 0.462 e. The first-order chi connectivity index (χ1) is 8.06. The number of rotatable bonds is 5. The fourth-order valence-corrected chi connectivity index (χ4v) is 1.40. The SMILES string of the molecule is CN(C)c1ccc(N)cc1C(=O)OCCCF. The van der Waals surface area contributed by atoms with Gasteiger partial charge >= 0.3 is 5.97 Å². The van der Waals surface area contributed by atoms with Gasteiger partial charge in [-0.1, -0.05) is 0 Å². The lowest BCUT2D eigenvalue weighted by atomic mass is 10.1. The molecule has 1 aromatic rings. The van der Waals surface area contributed by atoms with Crippen molar-refractivity contribution >= 4 is 17.3 Å². The highest BCUT2D eigenvalue weighted by atomic mass is 19.1. The number of benzene rings is 1. The number of nitrogens with zero attached hydrogens (tertiary/aromatic N) is 1. The van der Waals surface area contributed by atoms with Crippen LogP contribution in [0.2, 0.25) is 0 Å². The zero-order valence-corrected chi connectivity index (χ0v) is 10.1. The Kier molecular flexibility index (Phi) is 4.75. The quantitative estimate of drug-likeness (QED) is 0.485. The van der Waals surface area contributed by atoms with E-state index in [0.29, 0.717) is 11.3 Å². The fourth-order valence-electron chi connectivity index (χ4n) is 1.40. The van der Waals surface area contributed by atoms with Gasteiger partial charge in [-0.15, -0.1) is 0 Å². The van der Waals surface area contributed by atoms with Crippen LogP contribution in [-0.2, 0) is 4.74 Å². The van der Waals surface area contributed by atoms with Gasteiger partial charge in [0.05, 0.1) is 24.5 Å². The zero-order chi connectivity index (χ0) is 12.8. The molecule has 0 saturated heterocycles. The van der Waals surface area contributed by atoms with E-state index in [1.807, 2.05) is 14.1 Å². The topological polar surface area (TPSA) is 55.6 Å². The molecule has 0 heterocycles. The Morgan fingerprint density at radius 3 is 2.76 bits per heavy atom. The number of hydrogen-bond acceptors (Lipinski definition) is 4. The van der Waals surface area contributed by atoms with Crippen LogP contribution < -0.4 is 10.6 Å². The summed E-state index contributed by atoms with van der Waals surface area (Å²) in [6, 6.07) is 5.03. The first-order valence-corrected chi connectivity index (χ1v) is 5.36. The number of alkyl halides is 1. The second kappa shape index (κ2) is 6.08. The highest BCUT2D eigenvalue weighted by Gasteiger charge is 2.14. The zero-order valence-electron chi connectivity index (χ0n) is 10.1. The third-order valence-corrected chi connectivity index (χ3v) is 2.23. The van der Waals surface area contributed by atoms with E-state index >= 15 is 0 Å². The Morgan fingerprint density at radius 1 is 1.47 bits per heavy atom. The summed E-state index contributed by atoms with van der Waals surface area (Å²) in [4.78, 5) is 13.6. The minimum atomic E-state index is -0.495. The van der Waals surface area contributed by atoms with Crippen LogP contribution in [0, 0.1) is 0 Å². The summed E-state index contributed by atoms with van der Waals surface area (Å²) >= 11 is 0. The van der Waals surface area contributed by atoms with Crippen LogP contribution in [0.5, 0.6) is 0 Å². The summed E-state index contributed by atoms with van der Waals surface area (Å²) in [6.07, 6.45) is 0.214. The number of halogens is 1. The number of carbonyl (C=O) groups is 1. The van der Waals surface area contributed by atoms with Crippen molar-refractivity contribution in [2.24, 2.45) is 0 Å². The molecule has 1 aromatic carbocycles. The molecule has 94 valence electrons. The molecule has 2 N–H and O–H groups in total. The Morgan fingerprint density at radius 2 is 2.18 bits per heavy atom. The number of esters is 1. The lowest BCUT2D eigenvalue weighted by molar-refractivity contribution is 0.0495. The van der Waals surface area contributed by atoms with Crippen LogP contribution in [0.1, 0.15) is 16.8 Å². The lowest BCUT2D eigenvalue weighted by Crippen LogP contribution is -2.16. The molecular weight excluding hydrogens is 223 g/mol. The summed E-state index contributed by atoms with van der Waals surface area (Å²) in [6.45, 7) is -0.415. The van der Waals surface area contributed by atoms with Gasteiger partial charge in [-0.2, -0.15) is 0 Å². The monoisotopic (exact) mass is 240 g/mol. The molecule has 0 aromatic heterocycles. The molecule has 1 rings (SSSR count). The highest BCUT2D eigenvalue weighted by molar-refractivity contribution is 5.96. The summed E-state index contributed by atoms with van der Waals surface area (Å²) in [5.41, 5.74) is 7.25. The first-order valence-electron chi connectivity index (χ1n) is 5.36. The van der Waals surface area contributed by atoms with Crippen LogP contribution in [0.15, 0.2) is 18.2 Å². The van der Waals surface area contributed by atoms with Gasteiger partial charge in [0.1, 0.15) is 0 Å². The average Bonchev–Trinajstić information content (AvgIpc) is 2.28. The van der Waals surface area contributed by atoms with Crippen LogP contribution in [0.3, 0.4) is 0 Å². The van der Waals surface area contributed by atoms with Crippen molar-refractivity contribution in [1.29, 1.82) is 0 Å². The second-order valence-corrected chi connectivity index (χ2v) is 3.85. The Hall–Kier alpha value is -1.78. The average molecular weight is 240 g/mol. The normalized spacial score (nSPS) is 10.1. The van der Waals surface area contributed by atoms with E-state index < -0.39 is 12.6 Å². The molecule has 17 heavy (non-hydrogen) atoms. The number of ether oxygens (including phenoxy) is 1. The Balaban J connectivity index is 2.87. The number of hydrogen-bond donors (Lipinski definition) is 1. The molecule has 0 saturated carbocycles. The number of nitrogens with two attached hydrogens (primary N) is 1. The maximum atomic E-state index is 11.9. The van der Waals surface area contributed by atoms with Gasteiger partial charge in [-0.05, 0) is 18.2 Å².